The SMILES string of the molecule is Cn1cc(-c2ncnc3cc(OC4CC4)c(NC(=O)[C@@]45C[C@@H]4CN(C(=O)O)C5)nc23)c(-c2ccccc2)n1. The molecule has 1 aliphatic heterocycles. The number of ether oxygens (including phenoxy) is 1. The lowest BCUT2D eigenvalue weighted by atomic mass is 10.0. The molecular weight excluding hydrogens is 486 g/mol. The molecule has 1 saturated heterocycles. The molecule has 1 aromatic carbocycles. The lowest BCUT2D eigenvalue weighted by Gasteiger charge is -2.19. The second-order valence-electron chi connectivity index (χ2n) is 10.3. The average molecular weight is 512 g/mol. The maximum atomic E-state index is 13.5. The number of carboxylic acid groups (broad SMARTS) is 1. The zero-order valence-corrected chi connectivity index (χ0v) is 20.7. The Labute approximate surface area is 217 Å². The van der Waals surface area contributed by atoms with Crippen molar-refractivity contribution in [1.29, 1.82) is 0 Å². The van der Waals surface area contributed by atoms with Gasteiger partial charge in [0.2, 0.25) is 5.91 Å². The van der Waals surface area contributed by atoms with Crippen LogP contribution in [0.5, 0.6) is 5.75 Å². The summed E-state index contributed by atoms with van der Waals surface area (Å²) in [6.45, 7) is 0.566. The molecule has 4 heterocycles. The smallest absolute Gasteiger partial charge is 0.407 e. The quantitative estimate of drug-likeness (QED) is 0.401. The zero-order valence-electron chi connectivity index (χ0n) is 20.7. The largest absolute Gasteiger partial charge is 0.486 e. The topological polar surface area (TPSA) is 135 Å². The molecule has 0 unspecified atom stereocenters. The Morgan fingerprint density at radius 3 is 2.71 bits per heavy atom. The molecule has 192 valence electrons. The van der Waals surface area contributed by atoms with E-state index in [2.05, 4.69) is 20.4 Å². The maximum absolute atomic E-state index is 13.5. The van der Waals surface area contributed by atoms with Crippen molar-refractivity contribution in [2.75, 3.05) is 18.4 Å². The van der Waals surface area contributed by atoms with E-state index in [9.17, 15) is 14.7 Å². The Morgan fingerprint density at radius 1 is 1.16 bits per heavy atom. The van der Waals surface area contributed by atoms with Gasteiger partial charge in [0.15, 0.2) is 11.6 Å². The molecule has 11 nitrogen and oxygen atoms in total. The number of pyridine rings is 1. The van der Waals surface area contributed by atoms with Crippen LogP contribution < -0.4 is 10.1 Å². The Hall–Kier alpha value is -4.54. The van der Waals surface area contributed by atoms with E-state index < -0.39 is 11.5 Å². The van der Waals surface area contributed by atoms with Crippen molar-refractivity contribution in [3.05, 3.63) is 48.9 Å². The first kappa shape index (κ1) is 22.6. The van der Waals surface area contributed by atoms with Crippen LogP contribution in [-0.4, -0.2) is 65.9 Å². The molecule has 3 aliphatic rings. The third kappa shape index (κ3) is 3.73. The van der Waals surface area contributed by atoms with Crippen LogP contribution in [0.3, 0.4) is 0 Å². The fourth-order valence-corrected chi connectivity index (χ4v) is 5.39. The highest BCUT2D eigenvalue weighted by Gasteiger charge is 2.66. The molecule has 0 bridgehead atoms. The number of hydrogen-bond acceptors (Lipinski definition) is 7. The number of aryl methyl sites for hydroxylation is 1. The number of nitrogens with one attached hydrogen (secondary N) is 1. The average Bonchev–Trinajstić information content (AvgIpc) is 3.80. The summed E-state index contributed by atoms with van der Waals surface area (Å²) < 4.78 is 7.85. The van der Waals surface area contributed by atoms with Gasteiger partial charge in [0.25, 0.3) is 0 Å². The second kappa shape index (κ2) is 8.23. The van der Waals surface area contributed by atoms with Crippen LogP contribution in [-0.2, 0) is 11.8 Å². The van der Waals surface area contributed by atoms with E-state index in [0.717, 1.165) is 29.7 Å². The number of anilines is 1. The summed E-state index contributed by atoms with van der Waals surface area (Å²) in [6.07, 6.45) is 5.01. The molecule has 4 aromatic rings. The molecule has 3 aromatic heterocycles. The van der Waals surface area contributed by atoms with Crippen LogP contribution in [0.15, 0.2) is 48.9 Å². The number of aromatic nitrogens is 5. The van der Waals surface area contributed by atoms with Crippen molar-refractivity contribution in [3.8, 4) is 28.3 Å². The molecule has 7 rings (SSSR count). The predicted molar refractivity (Wildman–Crippen MR) is 137 cm³/mol. The van der Waals surface area contributed by atoms with Gasteiger partial charge in [0, 0.05) is 43.5 Å². The Bertz CT molecular complexity index is 1600. The minimum Gasteiger partial charge on any atom is -0.486 e. The van der Waals surface area contributed by atoms with E-state index in [-0.39, 0.29) is 24.5 Å². The van der Waals surface area contributed by atoms with Crippen molar-refractivity contribution in [3.63, 3.8) is 0 Å². The summed E-state index contributed by atoms with van der Waals surface area (Å²) in [6, 6.07) is 11.6. The number of carbonyl (C=O) groups is 2. The minimum absolute atomic E-state index is 0.0228. The fourth-order valence-electron chi connectivity index (χ4n) is 5.39. The van der Waals surface area contributed by atoms with E-state index >= 15 is 0 Å². The monoisotopic (exact) mass is 511 g/mol. The molecule has 2 N–H and O–H groups in total. The van der Waals surface area contributed by atoms with Crippen LogP contribution in [0, 0.1) is 11.3 Å². The lowest BCUT2D eigenvalue weighted by Crippen LogP contribution is -2.35. The van der Waals surface area contributed by atoms with Crippen molar-refractivity contribution < 1.29 is 19.4 Å². The molecule has 2 aliphatic carbocycles. The van der Waals surface area contributed by atoms with Gasteiger partial charge >= 0.3 is 6.09 Å². The standard InChI is InChI=1S/C27H25N7O4/c1-33-12-18(21(32-33)15-5-3-2-4-6-15)22-23-19(28-14-29-22)9-20(38-17-7-8-17)24(30-23)31-25(35)27-10-16(27)11-34(13-27)26(36)37/h2-6,9,12,14,16-17H,7-8,10-11,13H2,1H3,(H,36,37)(H,30,31,35)/t16-,27-/m1/s1. The van der Waals surface area contributed by atoms with Gasteiger partial charge in [-0.3, -0.25) is 9.48 Å². The highest BCUT2D eigenvalue weighted by molar-refractivity contribution is 6.01. The summed E-state index contributed by atoms with van der Waals surface area (Å²) >= 11 is 0. The minimum atomic E-state index is -1.00. The van der Waals surface area contributed by atoms with Gasteiger partial charge in [-0.1, -0.05) is 30.3 Å². The van der Waals surface area contributed by atoms with Crippen LogP contribution in [0.1, 0.15) is 19.3 Å². The number of carbonyl (C=O) groups excluding carboxylic acids is 1. The molecule has 0 spiro atoms. The maximum Gasteiger partial charge on any atom is 0.407 e. The summed E-state index contributed by atoms with van der Waals surface area (Å²) in [7, 11) is 1.85. The summed E-state index contributed by atoms with van der Waals surface area (Å²) in [5.74, 6) is 0.539. The van der Waals surface area contributed by atoms with E-state index in [1.807, 2.05) is 43.6 Å². The highest BCUT2D eigenvalue weighted by Crippen LogP contribution is 2.58. The van der Waals surface area contributed by atoms with Gasteiger partial charge in [-0.15, -0.1) is 0 Å². The number of hydrogen-bond donors (Lipinski definition) is 2. The molecule has 3 fully saturated rings. The molecule has 0 radical (unpaired) electrons. The summed E-state index contributed by atoms with van der Waals surface area (Å²) in [4.78, 5) is 40.1. The Morgan fingerprint density at radius 2 is 1.97 bits per heavy atom. The Balaban J connectivity index is 1.31. The van der Waals surface area contributed by atoms with Gasteiger partial charge in [0.05, 0.1) is 17.0 Å². The lowest BCUT2D eigenvalue weighted by molar-refractivity contribution is -0.121. The number of benzene rings is 1. The number of fused-ring (bicyclic) bond motifs is 2. The second-order valence-corrected chi connectivity index (χ2v) is 10.3. The number of amides is 2. The summed E-state index contributed by atoms with van der Waals surface area (Å²) in [5, 5.41) is 17.0. The molecule has 2 amide bonds. The zero-order chi connectivity index (χ0) is 26.0. The van der Waals surface area contributed by atoms with Crippen molar-refractivity contribution >= 4 is 28.9 Å². The van der Waals surface area contributed by atoms with Crippen LogP contribution in [0.4, 0.5) is 10.6 Å². The molecule has 2 saturated carbocycles. The van der Waals surface area contributed by atoms with E-state index in [1.54, 1.807) is 10.7 Å². The number of likely N-dealkylation sites (tertiary alicyclic amines) is 1. The molecule has 2 atom stereocenters. The number of piperidine rings is 1. The van der Waals surface area contributed by atoms with Gasteiger partial charge in [-0.25, -0.2) is 19.7 Å². The van der Waals surface area contributed by atoms with E-state index in [1.165, 1.54) is 11.2 Å². The van der Waals surface area contributed by atoms with Gasteiger partial charge < -0.3 is 20.1 Å². The number of rotatable bonds is 6. The van der Waals surface area contributed by atoms with Gasteiger partial charge in [0.1, 0.15) is 23.2 Å². The molecule has 11 heteroatoms. The first-order valence-corrected chi connectivity index (χ1v) is 12.6. The van der Waals surface area contributed by atoms with Gasteiger partial charge in [-0.2, -0.15) is 5.10 Å². The Kier molecular flexibility index (Phi) is 4.91. The van der Waals surface area contributed by atoms with Crippen LogP contribution in [0.2, 0.25) is 0 Å². The molecular formula is C27H25N7O4. The van der Waals surface area contributed by atoms with Crippen LogP contribution >= 0.6 is 0 Å². The van der Waals surface area contributed by atoms with E-state index in [4.69, 9.17) is 9.72 Å². The predicted octanol–water partition coefficient (Wildman–Crippen LogP) is 3.57. The normalized spacial score (nSPS) is 21.8. The third-order valence-electron chi connectivity index (χ3n) is 7.62. The third-order valence-corrected chi connectivity index (χ3v) is 7.62. The van der Waals surface area contributed by atoms with Crippen molar-refractivity contribution in [2.24, 2.45) is 18.4 Å². The van der Waals surface area contributed by atoms with Gasteiger partial charge in [-0.05, 0) is 25.2 Å². The van der Waals surface area contributed by atoms with Crippen molar-refractivity contribution in [2.45, 2.75) is 25.4 Å². The number of nitrogens with zero attached hydrogens (tertiary/aromatic N) is 6. The first-order valence-electron chi connectivity index (χ1n) is 12.6. The van der Waals surface area contributed by atoms with Crippen LogP contribution in [0.25, 0.3) is 33.5 Å². The van der Waals surface area contributed by atoms with E-state index in [0.29, 0.717) is 41.3 Å². The first-order chi connectivity index (χ1) is 18.4. The summed E-state index contributed by atoms with van der Waals surface area (Å²) in [5.41, 5.74) is 3.48. The van der Waals surface area contributed by atoms with Crippen molar-refractivity contribution in [1.82, 2.24) is 29.6 Å². The fraction of sp³-hybridized carbons (Fsp3) is 0.333. The molecule has 38 heavy (non-hydrogen) atoms. The highest BCUT2D eigenvalue weighted by atomic mass is 16.5.